The molecule has 0 unspecified atom stereocenters. The van der Waals surface area contributed by atoms with Crippen molar-refractivity contribution in [3.63, 3.8) is 0 Å². The van der Waals surface area contributed by atoms with Crippen molar-refractivity contribution in [2.75, 3.05) is 0 Å². The van der Waals surface area contributed by atoms with Crippen LogP contribution in [0.2, 0.25) is 0 Å². The summed E-state index contributed by atoms with van der Waals surface area (Å²) >= 11 is 1.49. The maximum Gasteiger partial charge on any atom is 0.335 e. The molecule has 1 N–H and O–H groups in total. The molecule has 1 aromatic heterocycles. The first kappa shape index (κ1) is 15.6. The van der Waals surface area contributed by atoms with Crippen molar-refractivity contribution in [2.45, 2.75) is 37.8 Å². The van der Waals surface area contributed by atoms with Crippen LogP contribution in [0.3, 0.4) is 0 Å². The fourth-order valence-electron chi connectivity index (χ4n) is 1.86. The maximum atomic E-state index is 11.1. The van der Waals surface area contributed by atoms with E-state index < -0.39 is 5.97 Å². The molecule has 0 aliphatic heterocycles. The highest BCUT2D eigenvalue weighted by Gasteiger charge is 2.11. The van der Waals surface area contributed by atoms with Gasteiger partial charge in [-0.15, -0.1) is 11.8 Å². The van der Waals surface area contributed by atoms with Crippen LogP contribution < -0.4 is 0 Å². The molecule has 2 rings (SSSR count). The summed E-state index contributed by atoms with van der Waals surface area (Å²) in [5.41, 5.74) is 1.08. The summed E-state index contributed by atoms with van der Waals surface area (Å²) in [6.07, 6.45) is 0.794. The minimum atomic E-state index is -0.910. The molecule has 112 valence electrons. The summed E-state index contributed by atoms with van der Waals surface area (Å²) in [5, 5.41) is 13.0. The molecular weight excluding hydrogens is 288 g/mol. The van der Waals surface area contributed by atoms with Crippen LogP contribution in [0, 0.1) is 12.8 Å². The lowest BCUT2D eigenvalue weighted by molar-refractivity contribution is 0.0696. The van der Waals surface area contributed by atoms with Gasteiger partial charge in [0.05, 0.1) is 11.3 Å². The first-order valence-electron chi connectivity index (χ1n) is 6.74. The lowest BCUT2D eigenvalue weighted by Crippen LogP contribution is -1.99. The Bertz CT molecular complexity index is 638. The van der Waals surface area contributed by atoms with E-state index in [0.717, 1.165) is 22.7 Å². The van der Waals surface area contributed by atoms with E-state index in [9.17, 15) is 4.79 Å². The first-order chi connectivity index (χ1) is 9.95. The number of rotatable bonds is 6. The van der Waals surface area contributed by atoms with Crippen molar-refractivity contribution in [1.82, 2.24) is 10.1 Å². The SMILES string of the molecule is Cc1ccc(SCc2nc(CC(C)C)no2)cc1C(=O)O. The molecule has 0 spiro atoms. The monoisotopic (exact) mass is 306 g/mol. The Hall–Kier alpha value is -1.82. The molecular formula is C15H18N2O3S. The number of benzene rings is 1. The van der Waals surface area contributed by atoms with Gasteiger partial charge in [-0.2, -0.15) is 4.98 Å². The number of carboxylic acid groups (broad SMARTS) is 1. The van der Waals surface area contributed by atoms with Crippen molar-refractivity contribution in [3.8, 4) is 0 Å². The molecule has 0 saturated carbocycles. The number of carboxylic acids is 1. The summed E-state index contributed by atoms with van der Waals surface area (Å²) in [6.45, 7) is 5.99. The second kappa shape index (κ2) is 6.76. The van der Waals surface area contributed by atoms with Crippen molar-refractivity contribution >= 4 is 17.7 Å². The molecule has 21 heavy (non-hydrogen) atoms. The predicted octanol–water partition coefficient (Wildman–Crippen LogP) is 3.57. The fraction of sp³-hybridized carbons (Fsp3) is 0.400. The van der Waals surface area contributed by atoms with Crippen LogP contribution in [0.25, 0.3) is 0 Å². The summed E-state index contributed by atoms with van der Waals surface area (Å²) in [6, 6.07) is 5.38. The summed E-state index contributed by atoms with van der Waals surface area (Å²) < 4.78 is 5.19. The molecule has 5 nitrogen and oxygen atoms in total. The van der Waals surface area contributed by atoms with Crippen LogP contribution in [-0.4, -0.2) is 21.2 Å². The van der Waals surface area contributed by atoms with Gasteiger partial charge in [0, 0.05) is 11.3 Å². The largest absolute Gasteiger partial charge is 0.478 e. The number of nitrogens with zero attached hydrogens (tertiary/aromatic N) is 2. The zero-order valence-corrected chi connectivity index (χ0v) is 13.1. The zero-order valence-electron chi connectivity index (χ0n) is 12.3. The van der Waals surface area contributed by atoms with Gasteiger partial charge < -0.3 is 9.63 Å². The van der Waals surface area contributed by atoms with Crippen LogP contribution in [0.5, 0.6) is 0 Å². The highest BCUT2D eigenvalue weighted by Crippen LogP contribution is 2.24. The van der Waals surface area contributed by atoms with E-state index in [1.54, 1.807) is 13.0 Å². The Labute approximate surface area is 127 Å². The number of hydrogen-bond acceptors (Lipinski definition) is 5. The third-order valence-electron chi connectivity index (χ3n) is 2.90. The normalized spacial score (nSPS) is 11.0. The smallest absolute Gasteiger partial charge is 0.335 e. The van der Waals surface area contributed by atoms with Gasteiger partial charge in [0.25, 0.3) is 0 Å². The molecule has 0 bridgehead atoms. The third-order valence-corrected chi connectivity index (χ3v) is 3.88. The van der Waals surface area contributed by atoms with E-state index in [1.807, 2.05) is 12.1 Å². The van der Waals surface area contributed by atoms with Crippen molar-refractivity contribution in [3.05, 3.63) is 41.0 Å². The average Bonchev–Trinajstić information content (AvgIpc) is 2.84. The van der Waals surface area contributed by atoms with E-state index in [1.165, 1.54) is 11.8 Å². The van der Waals surface area contributed by atoms with Crippen molar-refractivity contribution in [1.29, 1.82) is 0 Å². The molecule has 0 radical (unpaired) electrons. The van der Waals surface area contributed by atoms with Crippen LogP contribution in [0.1, 0.15) is 41.5 Å². The number of thioether (sulfide) groups is 1. The number of hydrogen-bond donors (Lipinski definition) is 1. The number of aromatic carboxylic acids is 1. The lowest BCUT2D eigenvalue weighted by atomic mass is 10.1. The van der Waals surface area contributed by atoms with Crippen LogP contribution in [0.4, 0.5) is 0 Å². The molecule has 0 amide bonds. The van der Waals surface area contributed by atoms with Gasteiger partial charge in [-0.3, -0.25) is 0 Å². The van der Waals surface area contributed by atoms with Gasteiger partial charge in [0.1, 0.15) is 0 Å². The minimum Gasteiger partial charge on any atom is -0.478 e. The molecule has 0 aliphatic rings. The van der Waals surface area contributed by atoms with Gasteiger partial charge in [0.15, 0.2) is 5.82 Å². The van der Waals surface area contributed by atoms with Gasteiger partial charge in [-0.25, -0.2) is 4.79 Å². The van der Waals surface area contributed by atoms with Crippen molar-refractivity contribution in [2.24, 2.45) is 5.92 Å². The number of aryl methyl sites for hydroxylation is 1. The van der Waals surface area contributed by atoms with Gasteiger partial charge in [-0.05, 0) is 30.5 Å². The van der Waals surface area contributed by atoms with E-state index in [2.05, 4.69) is 24.0 Å². The maximum absolute atomic E-state index is 11.1. The molecule has 0 aliphatic carbocycles. The lowest BCUT2D eigenvalue weighted by Gasteiger charge is -2.03. The third kappa shape index (κ3) is 4.32. The number of carbonyl (C=O) groups is 1. The molecule has 0 fully saturated rings. The number of aromatic nitrogens is 2. The molecule has 0 atom stereocenters. The first-order valence-corrected chi connectivity index (χ1v) is 7.72. The van der Waals surface area contributed by atoms with E-state index in [4.69, 9.17) is 9.63 Å². The summed E-state index contributed by atoms with van der Waals surface area (Å²) in [7, 11) is 0. The Morgan fingerprint density at radius 2 is 2.19 bits per heavy atom. The second-order valence-electron chi connectivity index (χ2n) is 5.27. The second-order valence-corrected chi connectivity index (χ2v) is 6.32. The standard InChI is InChI=1S/C15H18N2O3S/c1-9(2)6-13-16-14(20-17-13)8-21-11-5-4-10(3)12(7-11)15(18)19/h4-5,7,9H,6,8H2,1-3H3,(H,18,19). The molecule has 6 heteroatoms. The van der Waals surface area contributed by atoms with Crippen LogP contribution >= 0.6 is 11.8 Å². The van der Waals surface area contributed by atoms with E-state index >= 15 is 0 Å². The quantitative estimate of drug-likeness (QED) is 0.822. The minimum absolute atomic E-state index is 0.325. The van der Waals surface area contributed by atoms with Crippen LogP contribution in [0.15, 0.2) is 27.6 Å². The molecule has 1 aromatic carbocycles. The summed E-state index contributed by atoms with van der Waals surface area (Å²) in [4.78, 5) is 16.3. The van der Waals surface area contributed by atoms with E-state index in [0.29, 0.717) is 23.1 Å². The topological polar surface area (TPSA) is 76.2 Å². The molecule has 1 heterocycles. The highest BCUT2D eigenvalue weighted by molar-refractivity contribution is 7.98. The van der Waals surface area contributed by atoms with Crippen LogP contribution in [-0.2, 0) is 12.2 Å². The molecule has 0 saturated heterocycles. The van der Waals surface area contributed by atoms with Gasteiger partial charge in [-0.1, -0.05) is 25.1 Å². The molecule has 2 aromatic rings. The van der Waals surface area contributed by atoms with E-state index in [-0.39, 0.29) is 0 Å². The fourth-order valence-corrected chi connectivity index (χ4v) is 2.64. The Kier molecular flexibility index (Phi) is 5.01. The van der Waals surface area contributed by atoms with Gasteiger partial charge in [0.2, 0.25) is 5.89 Å². The Morgan fingerprint density at radius 1 is 1.43 bits per heavy atom. The summed E-state index contributed by atoms with van der Waals surface area (Å²) in [5.74, 6) is 1.39. The average molecular weight is 306 g/mol. The predicted molar refractivity (Wildman–Crippen MR) is 80.5 cm³/mol. The highest BCUT2D eigenvalue weighted by atomic mass is 32.2. The Morgan fingerprint density at radius 3 is 2.86 bits per heavy atom. The van der Waals surface area contributed by atoms with Crippen molar-refractivity contribution < 1.29 is 14.4 Å². The van der Waals surface area contributed by atoms with Gasteiger partial charge >= 0.3 is 5.97 Å². The zero-order chi connectivity index (χ0) is 15.4. The Balaban J connectivity index is 2.01.